The molecule has 1 unspecified atom stereocenters. The van der Waals surface area contributed by atoms with E-state index in [-0.39, 0.29) is 17.5 Å². The average Bonchev–Trinajstić information content (AvgIpc) is 2.80. The summed E-state index contributed by atoms with van der Waals surface area (Å²) in [4.78, 5) is 4.29. The summed E-state index contributed by atoms with van der Waals surface area (Å²) < 4.78 is 26.7. The van der Waals surface area contributed by atoms with Gasteiger partial charge in [0.25, 0.3) is 0 Å². The van der Waals surface area contributed by atoms with Crippen LogP contribution in [-0.4, -0.2) is 4.98 Å². The second-order valence-corrected chi connectivity index (χ2v) is 5.33. The number of rotatable bonds is 3. The van der Waals surface area contributed by atoms with E-state index in [4.69, 9.17) is 5.73 Å². The Hall–Kier alpha value is -1.33. The van der Waals surface area contributed by atoms with Gasteiger partial charge in [0.2, 0.25) is 0 Å². The first-order chi connectivity index (χ1) is 8.50. The Morgan fingerprint density at radius 2 is 2.00 bits per heavy atom. The Morgan fingerprint density at radius 3 is 2.67 bits per heavy atom. The number of hydrogen-bond acceptors (Lipinski definition) is 3. The second-order valence-electron chi connectivity index (χ2n) is 4.44. The Labute approximate surface area is 108 Å². The first-order valence-corrected chi connectivity index (χ1v) is 6.54. The molecular weight excluding hydrogens is 254 g/mol. The van der Waals surface area contributed by atoms with Crippen LogP contribution in [0.2, 0.25) is 0 Å². The number of nitrogens with zero attached hydrogens (tertiary/aromatic N) is 1. The Bertz CT molecular complexity index is 552. The number of nitrogens with two attached hydrogens (primary N) is 1. The lowest BCUT2D eigenvalue weighted by atomic mass is 10.1. The minimum absolute atomic E-state index is 0.174. The van der Waals surface area contributed by atoms with E-state index in [2.05, 4.69) is 4.98 Å². The van der Waals surface area contributed by atoms with Gasteiger partial charge in [0.1, 0.15) is 5.01 Å². The standard InChI is InChI=1S/C13H14F2N2S/c1-7(2)12(16)13-17-10(6-18-13)8-4-3-5-9(14)11(8)15/h3-7,12H,16H2,1-2H3. The third-order valence-corrected chi connectivity index (χ3v) is 3.70. The van der Waals surface area contributed by atoms with E-state index in [1.807, 2.05) is 13.8 Å². The van der Waals surface area contributed by atoms with Crippen LogP contribution in [0.5, 0.6) is 0 Å². The van der Waals surface area contributed by atoms with E-state index in [0.29, 0.717) is 5.69 Å². The second kappa shape index (κ2) is 5.12. The third kappa shape index (κ3) is 2.42. The normalized spacial score (nSPS) is 13.0. The van der Waals surface area contributed by atoms with Crippen LogP contribution >= 0.6 is 11.3 Å². The minimum Gasteiger partial charge on any atom is -0.322 e. The molecule has 0 aliphatic rings. The van der Waals surface area contributed by atoms with Crippen molar-refractivity contribution in [2.75, 3.05) is 0 Å². The van der Waals surface area contributed by atoms with E-state index in [1.165, 1.54) is 23.5 Å². The summed E-state index contributed by atoms with van der Waals surface area (Å²) in [7, 11) is 0. The van der Waals surface area contributed by atoms with E-state index < -0.39 is 11.6 Å². The van der Waals surface area contributed by atoms with Crippen LogP contribution in [0, 0.1) is 17.6 Å². The summed E-state index contributed by atoms with van der Waals surface area (Å²) in [6.07, 6.45) is 0. The van der Waals surface area contributed by atoms with Crippen molar-refractivity contribution in [1.82, 2.24) is 4.98 Å². The molecule has 2 rings (SSSR count). The van der Waals surface area contributed by atoms with Gasteiger partial charge in [-0.15, -0.1) is 11.3 Å². The molecule has 96 valence electrons. The molecule has 0 saturated heterocycles. The number of hydrogen-bond donors (Lipinski definition) is 1. The first-order valence-electron chi connectivity index (χ1n) is 5.66. The Kier molecular flexibility index (Phi) is 3.73. The van der Waals surface area contributed by atoms with Crippen molar-refractivity contribution in [1.29, 1.82) is 0 Å². The van der Waals surface area contributed by atoms with Gasteiger partial charge in [-0.25, -0.2) is 13.8 Å². The van der Waals surface area contributed by atoms with Gasteiger partial charge in [-0.2, -0.15) is 0 Å². The van der Waals surface area contributed by atoms with Crippen molar-refractivity contribution < 1.29 is 8.78 Å². The fraction of sp³-hybridized carbons (Fsp3) is 0.308. The van der Waals surface area contributed by atoms with Crippen LogP contribution in [0.3, 0.4) is 0 Å². The lowest BCUT2D eigenvalue weighted by Crippen LogP contribution is -2.16. The predicted molar refractivity (Wildman–Crippen MR) is 69.2 cm³/mol. The molecule has 0 saturated carbocycles. The van der Waals surface area contributed by atoms with Gasteiger partial charge in [0, 0.05) is 10.9 Å². The summed E-state index contributed by atoms with van der Waals surface area (Å²) >= 11 is 1.37. The van der Waals surface area contributed by atoms with Crippen LogP contribution in [0.4, 0.5) is 8.78 Å². The highest BCUT2D eigenvalue weighted by atomic mass is 32.1. The largest absolute Gasteiger partial charge is 0.322 e. The van der Waals surface area contributed by atoms with Crippen molar-refractivity contribution in [3.05, 3.63) is 40.2 Å². The highest BCUT2D eigenvalue weighted by molar-refractivity contribution is 7.10. The molecule has 5 heteroatoms. The fourth-order valence-electron chi connectivity index (χ4n) is 1.55. The molecule has 2 nitrogen and oxygen atoms in total. The van der Waals surface area contributed by atoms with Crippen LogP contribution < -0.4 is 5.73 Å². The molecule has 0 aliphatic heterocycles. The zero-order valence-corrected chi connectivity index (χ0v) is 11.0. The van der Waals surface area contributed by atoms with Gasteiger partial charge in [-0.1, -0.05) is 19.9 Å². The highest BCUT2D eigenvalue weighted by Crippen LogP contribution is 2.29. The average molecular weight is 268 g/mol. The van der Waals surface area contributed by atoms with Crippen molar-refractivity contribution in [2.24, 2.45) is 11.7 Å². The van der Waals surface area contributed by atoms with E-state index in [0.717, 1.165) is 11.1 Å². The molecular formula is C13H14F2N2S. The molecule has 1 aromatic carbocycles. The van der Waals surface area contributed by atoms with Gasteiger partial charge < -0.3 is 5.73 Å². The van der Waals surface area contributed by atoms with E-state index in [9.17, 15) is 8.78 Å². The van der Waals surface area contributed by atoms with E-state index in [1.54, 1.807) is 5.38 Å². The molecule has 0 bridgehead atoms. The van der Waals surface area contributed by atoms with Crippen molar-refractivity contribution >= 4 is 11.3 Å². The first kappa shape index (κ1) is 13.1. The number of benzene rings is 1. The number of aromatic nitrogens is 1. The molecule has 1 aromatic heterocycles. The quantitative estimate of drug-likeness (QED) is 0.921. The number of thiazole rings is 1. The molecule has 0 aliphatic carbocycles. The summed E-state index contributed by atoms with van der Waals surface area (Å²) in [5.41, 5.74) is 6.59. The molecule has 0 fully saturated rings. The van der Waals surface area contributed by atoms with Gasteiger partial charge in [-0.05, 0) is 18.1 Å². The maximum atomic E-state index is 13.6. The molecule has 2 N–H and O–H groups in total. The zero-order valence-electron chi connectivity index (χ0n) is 10.2. The van der Waals surface area contributed by atoms with Crippen molar-refractivity contribution in [2.45, 2.75) is 19.9 Å². The number of halogens is 2. The van der Waals surface area contributed by atoms with Crippen LogP contribution in [0.1, 0.15) is 24.9 Å². The topological polar surface area (TPSA) is 38.9 Å². The van der Waals surface area contributed by atoms with Gasteiger partial charge in [0.15, 0.2) is 11.6 Å². The lowest BCUT2D eigenvalue weighted by molar-refractivity contribution is 0.508. The summed E-state index contributed by atoms with van der Waals surface area (Å²) in [6, 6.07) is 3.89. The van der Waals surface area contributed by atoms with Crippen molar-refractivity contribution in [3.8, 4) is 11.3 Å². The van der Waals surface area contributed by atoms with Crippen LogP contribution in [-0.2, 0) is 0 Å². The third-order valence-electron chi connectivity index (χ3n) is 2.75. The summed E-state index contributed by atoms with van der Waals surface area (Å²) in [6.45, 7) is 3.99. The molecule has 0 radical (unpaired) electrons. The SMILES string of the molecule is CC(C)C(N)c1nc(-c2cccc(F)c2F)cs1. The minimum atomic E-state index is -0.868. The summed E-state index contributed by atoms with van der Waals surface area (Å²) in [5.74, 6) is -1.48. The van der Waals surface area contributed by atoms with Crippen molar-refractivity contribution in [3.63, 3.8) is 0 Å². The van der Waals surface area contributed by atoms with Gasteiger partial charge in [-0.3, -0.25) is 0 Å². The maximum Gasteiger partial charge on any atom is 0.168 e. The molecule has 0 spiro atoms. The van der Waals surface area contributed by atoms with E-state index >= 15 is 0 Å². The smallest absolute Gasteiger partial charge is 0.168 e. The Balaban J connectivity index is 2.38. The summed E-state index contributed by atoms with van der Waals surface area (Å²) in [5, 5.41) is 2.44. The highest BCUT2D eigenvalue weighted by Gasteiger charge is 2.17. The molecule has 18 heavy (non-hydrogen) atoms. The fourth-order valence-corrected chi connectivity index (χ4v) is 2.54. The predicted octanol–water partition coefficient (Wildman–Crippen LogP) is 3.74. The Morgan fingerprint density at radius 1 is 1.28 bits per heavy atom. The monoisotopic (exact) mass is 268 g/mol. The molecule has 2 aromatic rings. The van der Waals surface area contributed by atoms with Gasteiger partial charge in [0.05, 0.1) is 11.7 Å². The lowest BCUT2D eigenvalue weighted by Gasteiger charge is -2.11. The van der Waals surface area contributed by atoms with Crippen LogP contribution in [0.25, 0.3) is 11.3 Å². The molecule has 1 atom stereocenters. The van der Waals surface area contributed by atoms with Gasteiger partial charge >= 0.3 is 0 Å². The molecule has 0 amide bonds. The maximum absolute atomic E-state index is 13.6. The zero-order chi connectivity index (χ0) is 13.3. The molecule has 1 heterocycles. The van der Waals surface area contributed by atoms with Crippen LogP contribution in [0.15, 0.2) is 23.6 Å².